The highest BCUT2D eigenvalue weighted by Gasteiger charge is 2.26. The number of amides is 1. The fourth-order valence-electron chi connectivity index (χ4n) is 2.58. The summed E-state index contributed by atoms with van der Waals surface area (Å²) in [5.74, 6) is 1.40. The summed E-state index contributed by atoms with van der Waals surface area (Å²) < 4.78 is 17.4. The lowest BCUT2D eigenvalue weighted by atomic mass is 10.1. The summed E-state index contributed by atoms with van der Waals surface area (Å²) in [6.45, 7) is 3.72. The number of benzene rings is 1. The lowest BCUT2D eigenvalue weighted by molar-refractivity contribution is -0.130. The minimum atomic E-state index is -0.316. The Morgan fingerprint density at radius 3 is 2.67 bits per heavy atom. The third kappa shape index (κ3) is 3.16. The number of ether oxygens (including phenoxy) is 3. The van der Waals surface area contributed by atoms with E-state index in [4.69, 9.17) is 14.2 Å². The average molecular weight is 356 g/mol. The van der Waals surface area contributed by atoms with Crippen LogP contribution in [0.2, 0.25) is 0 Å². The van der Waals surface area contributed by atoms with Gasteiger partial charge in [-0.25, -0.2) is 0 Å². The van der Waals surface area contributed by atoms with Crippen LogP contribution >= 0.6 is 15.9 Å². The average Bonchev–Trinajstić information content (AvgIpc) is 3.00. The molecule has 2 aliphatic rings. The van der Waals surface area contributed by atoms with E-state index in [0.29, 0.717) is 19.8 Å². The molecule has 21 heavy (non-hydrogen) atoms. The van der Waals surface area contributed by atoms with Gasteiger partial charge in [-0.1, -0.05) is 15.9 Å². The fraction of sp³-hybridized carbons (Fsp3) is 0.533. The Morgan fingerprint density at radius 1 is 1.29 bits per heavy atom. The number of rotatable bonds is 3. The van der Waals surface area contributed by atoms with Crippen molar-refractivity contribution in [3.8, 4) is 11.5 Å². The van der Waals surface area contributed by atoms with Gasteiger partial charge >= 0.3 is 0 Å². The van der Waals surface area contributed by atoms with Gasteiger partial charge in [-0.2, -0.15) is 0 Å². The summed E-state index contributed by atoms with van der Waals surface area (Å²) in [4.78, 5) is 12.1. The van der Waals surface area contributed by atoms with Gasteiger partial charge in [0.05, 0.1) is 6.04 Å². The van der Waals surface area contributed by atoms with E-state index in [1.165, 1.54) is 0 Å². The van der Waals surface area contributed by atoms with E-state index in [-0.39, 0.29) is 18.1 Å². The van der Waals surface area contributed by atoms with Crippen LogP contribution in [-0.2, 0) is 9.53 Å². The highest BCUT2D eigenvalue weighted by molar-refractivity contribution is 9.10. The molecule has 0 aliphatic carbocycles. The smallest absolute Gasteiger partial charge is 0.249 e. The van der Waals surface area contributed by atoms with Crippen LogP contribution in [0.5, 0.6) is 11.5 Å². The number of carbonyl (C=O) groups is 1. The van der Waals surface area contributed by atoms with Crippen molar-refractivity contribution in [2.75, 3.05) is 19.8 Å². The van der Waals surface area contributed by atoms with Crippen molar-refractivity contribution in [1.29, 1.82) is 0 Å². The number of halogens is 1. The Morgan fingerprint density at radius 2 is 2.00 bits per heavy atom. The number of hydrogen-bond acceptors (Lipinski definition) is 4. The number of carbonyl (C=O) groups excluding carboxylic acids is 1. The van der Waals surface area contributed by atoms with Crippen molar-refractivity contribution in [3.63, 3.8) is 0 Å². The zero-order chi connectivity index (χ0) is 14.8. The van der Waals surface area contributed by atoms with Crippen LogP contribution in [0.25, 0.3) is 0 Å². The lowest BCUT2D eigenvalue weighted by Crippen LogP contribution is -2.36. The van der Waals surface area contributed by atoms with Gasteiger partial charge in [-0.05, 0) is 37.5 Å². The fourth-order valence-corrected chi connectivity index (χ4v) is 3.25. The molecule has 0 unspecified atom stereocenters. The molecule has 0 saturated carbocycles. The van der Waals surface area contributed by atoms with Gasteiger partial charge in [0, 0.05) is 11.1 Å². The molecule has 0 spiro atoms. The maximum atomic E-state index is 12.1. The van der Waals surface area contributed by atoms with E-state index in [1.807, 2.05) is 19.1 Å². The zero-order valence-electron chi connectivity index (χ0n) is 11.9. The standard InChI is InChI=1S/C15H18BrNO4/c1-9(17-15(18)12-3-2-4-19-12)10-7-13-14(8-11(10)16)21-6-5-20-13/h7-9,12H,2-6H2,1H3,(H,17,18)/t9-,12-/m1/s1. The Balaban J connectivity index is 1.74. The predicted octanol–water partition coefficient (Wildman–Crippen LogP) is 2.58. The third-order valence-corrected chi connectivity index (χ3v) is 4.40. The van der Waals surface area contributed by atoms with Crippen molar-refractivity contribution < 1.29 is 19.0 Å². The first-order chi connectivity index (χ1) is 10.1. The van der Waals surface area contributed by atoms with E-state index < -0.39 is 0 Å². The van der Waals surface area contributed by atoms with Crippen molar-refractivity contribution in [1.82, 2.24) is 5.32 Å². The van der Waals surface area contributed by atoms with Crippen molar-refractivity contribution >= 4 is 21.8 Å². The molecule has 0 bridgehead atoms. The van der Waals surface area contributed by atoms with E-state index >= 15 is 0 Å². The number of fused-ring (bicyclic) bond motifs is 1. The summed E-state index contributed by atoms with van der Waals surface area (Å²) >= 11 is 3.53. The summed E-state index contributed by atoms with van der Waals surface area (Å²) in [7, 11) is 0. The molecule has 1 fully saturated rings. The Kier molecular flexibility index (Phi) is 4.35. The summed E-state index contributed by atoms with van der Waals surface area (Å²) in [6.07, 6.45) is 1.42. The second kappa shape index (κ2) is 6.23. The first-order valence-corrected chi connectivity index (χ1v) is 7.95. The molecule has 5 nitrogen and oxygen atoms in total. The Bertz CT molecular complexity index is 543. The molecule has 2 aliphatic heterocycles. The Hall–Kier alpha value is -1.27. The molecule has 0 aromatic heterocycles. The molecule has 0 radical (unpaired) electrons. The Labute approximate surface area is 132 Å². The predicted molar refractivity (Wildman–Crippen MR) is 80.7 cm³/mol. The summed E-state index contributed by atoms with van der Waals surface area (Å²) in [5, 5.41) is 3.00. The monoisotopic (exact) mass is 355 g/mol. The number of nitrogens with one attached hydrogen (secondary N) is 1. The normalized spacial score (nSPS) is 21.9. The molecule has 3 rings (SSSR count). The van der Waals surface area contributed by atoms with E-state index in [9.17, 15) is 4.79 Å². The number of hydrogen-bond donors (Lipinski definition) is 1. The third-order valence-electron chi connectivity index (χ3n) is 3.71. The van der Waals surface area contributed by atoms with Crippen LogP contribution in [0.4, 0.5) is 0 Å². The van der Waals surface area contributed by atoms with Crippen LogP contribution in [0.3, 0.4) is 0 Å². The largest absolute Gasteiger partial charge is 0.486 e. The molecule has 1 aromatic carbocycles. The summed E-state index contributed by atoms with van der Waals surface area (Å²) in [6, 6.07) is 3.67. The molecule has 114 valence electrons. The molecular weight excluding hydrogens is 338 g/mol. The summed E-state index contributed by atoms with van der Waals surface area (Å²) in [5.41, 5.74) is 0.964. The first-order valence-electron chi connectivity index (χ1n) is 7.16. The van der Waals surface area contributed by atoms with Gasteiger partial charge < -0.3 is 19.5 Å². The molecule has 2 heterocycles. The molecule has 1 aromatic rings. The minimum Gasteiger partial charge on any atom is -0.486 e. The van der Waals surface area contributed by atoms with Gasteiger partial charge in [-0.3, -0.25) is 4.79 Å². The zero-order valence-corrected chi connectivity index (χ0v) is 13.4. The van der Waals surface area contributed by atoms with E-state index in [2.05, 4.69) is 21.2 Å². The van der Waals surface area contributed by atoms with E-state index in [0.717, 1.165) is 34.4 Å². The molecule has 1 amide bonds. The maximum absolute atomic E-state index is 12.1. The van der Waals surface area contributed by atoms with Crippen molar-refractivity contribution in [3.05, 3.63) is 22.2 Å². The van der Waals surface area contributed by atoms with Crippen LogP contribution < -0.4 is 14.8 Å². The van der Waals surface area contributed by atoms with Gasteiger partial charge in [0.25, 0.3) is 0 Å². The molecular formula is C15H18BrNO4. The maximum Gasteiger partial charge on any atom is 0.249 e. The molecule has 2 atom stereocenters. The second-order valence-corrected chi connectivity index (χ2v) is 6.10. The second-order valence-electron chi connectivity index (χ2n) is 5.25. The van der Waals surface area contributed by atoms with Crippen molar-refractivity contribution in [2.24, 2.45) is 0 Å². The van der Waals surface area contributed by atoms with Crippen LogP contribution in [-0.4, -0.2) is 31.8 Å². The van der Waals surface area contributed by atoms with Crippen LogP contribution in [0.15, 0.2) is 16.6 Å². The van der Waals surface area contributed by atoms with Crippen LogP contribution in [0.1, 0.15) is 31.4 Å². The lowest BCUT2D eigenvalue weighted by Gasteiger charge is -2.23. The SMILES string of the molecule is C[C@@H](NC(=O)[C@H]1CCCO1)c1cc2c(cc1Br)OCCO2. The highest BCUT2D eigenvalue weighted by Crippen LogP contribution is 2.37. The minimum absolute atomic E-state index is 0.0539. The first kappa shape index (κ1) is 14.7. The van der Waals surface area contributed by atoms with Gasteiger partial charge in [0.2, 0.25) is 5.91 Å². The van der Waals surface area contributed by atoms with Gasteiger partial charge in [0.1, 0.15) is 19.3 Å². The van der Waals surface area contributed by atoms with Gasteiger partial charge in [-0.15, -0.1) is 0 Å². The van der Waals surface area contributed by atoms with Gasteiger partial charge in [0.15, 0.2) is 11.5 Å². The topological polar surface area (TPSA) is 56.8 Å². The molecule has 1 N–H and O–H groups in total. The molecule has 6 heteroatoms. The molecule has 1 saturated heterocycles. The van der Waals surface area contributed by atoms with Crippen LogP contribution in [0, 0.1) is 0 Å². The van der Waals surface area contributed by atoms with E-state index in [1.54, 1.807) is 0 Å². The van der Waals surface area contributed by atoms with Crippen molar-refractivity contribution in [2.45, 2.75) is 31.9 Å². The quantitative estimate of drug-likeness (QED) is 0.905. The highest BCUT2D eigenvalue weighted by atomic mass is 79.9.